The highest BCUT2D eigenvalue weighted by molar-refractivity contribution is 5.79. The fourth-order valence-corrected chi connectivity index (χ4v) is 4.07. The summed E-state index contributed by atoms with van der Waals surface area (Å²) in [7, 11) is 0. The second-order valence-electron chi connectivity index (χ2n) is 8.05. The first-order valence-corrected chi connectivity index (χ1v) is 9.99. The Morgan fingerprint density at radius 1 is 1.20 bits per heavy atom. The standard InChI is InChI=1S/C20H24F3N3O4/c1-12(30-15-4-2-14(3-5-15)20(21,22)23)13-8-26(9-13)19(28)25-7-6-17-16(10-25)24-18(27)11-29-17/h2-5,12-13,16-17H,6-11H2,1H3,(H,24,27)/t12?,16-,17?/m1/s1. The number of piperidine rings is 1. The Hall–Kier alpha value is -2.49. The van der Waals surface area contributed by atoms with Crippen molar-refractivity contribution in [2.45, 2.75) is 37.8 Å². The number of nitrogens with one attached hydrogen (secondary N) is 1. The van der Waals surface area contributed by atoms with Crippen LogP contribution in [0.15, 0.2) is 24.3 Å². The van der Waals surface area contributed by atoms with Gasteiger partial charge in [-0.2, -0.15) is 13.2 Å². The van der Waals surface area contributed by atoms with Gasteiger partial charge in [-0.15, -0.1) is 0 Å². The molecule has 0 bridgehead atoms. The highest BCUT2D eigenvalue weighted by Gasteiger charge is 2.41. The van der Waals surface area contributed by atoms with Gasteiger partial charge in [-0.05, 0) is 37.6 Å². The lowest BCUT2D eigenvalue weighted by Gasteiger charge is -2.47. The number of urea groups is 1. The fourth-order valence-electron chi connectivity index (χ4n) is 4.07. The first kappa shape index (κ1) is 20.8. The van der Waals surface area contributed by atoms with E-state index in [0.29, 0.717) is 38.3 Å². The lowest BCUT2D eigenvalue weighted by molar-refractivity contribution is -0.140. The minimum Gasteiger partial charge on any atom is -0.490 e. The van der Waals surface area contributed by atoms with Crippen LogP contribution in [0, 0.1) is 5.92 Å². The molecule has 164 valence electrons. The summed E-state index contributed by atoms with van der Waals surface area (Å²) in [6, 6.07) is 4.36. The minimum atomic E-state index is -4.37. The lowest BCUT2D eigenvalue weighted by atomic mass is 9.94. The van der Waals surface area contributed by atoms with Crippen molar-refractivity contribution in [3.8, 4) is 5.75 Å². The molecule has 3 atom stereocenters. The molecule has 1 N–H and O–H groups in total. The Morgan fingerprint density at radius 2 is 1.90 bits per heavy atom. The number of fused-ring (bicyclic) bond motifs is 1. The third-order valence-electron chi connectivity index (χ3n) is 5.94. The number of halogens is 3. The molecule has 0 aliphatic carbocycles. The molecule has 3 heterocycles. The zero-order chi connectivity index (χ0) is 21.5. The van der Waals surface area contributed by atoms with Gasteiger partial charge in [0.1, 0.15) is 18.5 Å². The van der Waals surface area contributed by atoms with E-state index in [1.807, 2.05) is 6.92 Å². The molecular formula is C20H24F3N3O4. The van der Waals surface area contributed by atoms with Crippen LogP contribution in [0.3, 0.4) is 0 Å². The molecule has 3 saturated heterocycles. The van der Waals surface area contributed by atoms with E-state index in [1.54, 1.807) is 9.80 Å². The van der Waals surface area contributed by atoms with Crippen LogP contribution in [0.2, 0.25) is 0 Å². The van der Waals surface area contributed by atoms with Gasteiger partial charge >= 0.3 is 12.2 Å². The van der Waals surface area contributed by atoms with E-state index in [1.165, 1.54) is 12.1 Å². The summed E-state index contributed by atoms with van der Waals surface area (Å²) in [6.45, 7) is 3.97. The zero-order valence-corrected chi connectivity index (χ0v) is 16.5. The highest BCUT2D eigenvalue weighted by atomic mass is 19.4. The van der Waals surface area contributed by atoms with Crippen molar-refractivity contribution >= 4 is 11.9 Å². The molecule has 30 heavy (non-hydrogen) atoms. The number of rotatable bonds is 3. The molecule has 3 amide bonds. The van der Waals surface area contributed by atoms with Crippen LogP contribution < -0.4 is 10.1 Å². The van der Waals surface area contributed by atoms with E-state index >= 15 is 0 Å². The number of ether oxygens (including phenoxy) is 2. The summed E-state index contributed by atoms with van der Waals surface area (Å²) in [4.78, 5) is 27.7. The topological polar surface area (TPSA) is 71.1 Å². The van der Waals surface area contributed by atoms with Gasteiger partial charge in [0.25, 0.3) is 0 Å². The van der Waals surface area contributed by atoms with Crippen LogP contribution in [0.4, 0.5) is 18.0 Å². The zero-order valence-electron chi connectivity index (χ0n) is 16.5. The maximum Gasteiger partial charge on any atom is 0.416 e. The second kappa shape index (κ2) is 7.98. The first-order chi connectivity index (χ1) is 14.2. The summed E-state index contributed by atoms with van der Waals surface area (Å²) in [5.41, 5.74) is -0.716. The van der Waals surface area contributed by atoms with Gasteiger partial charge in [-0.1, -0.05) is 0 Å². The highest BCUT2D eigenvalue weighted by Crippen LogP contribution is 2.31. The van der Waals surface area contributed by atoms with Crippen LogP contribution in [0.1, 0.15) is 18.9 Å². The normalized spacial score (nSPS) is 25.8. The number of carbonyl (C=O) groups is 2. The molecule has 3 aliphatic rings. The number of amides is 3. The van der Waals surface area contributed by atoms with E-state index in [0.717, 1.165) is 12.1 Å². The van der Waals surface area contributed by atoms with Gasteiger partial charge in [-0.25, -0.2) is 4.79 Å². The molecule has 1 aromatic carbocycles. The van der Waals surface area contributed by atoms with Crippen molar-refractivity contribution in [1.82, 2.24) is 15.1 Å². The molecule has 4 rings (SSSR count). The van der Waals surface area contributed by atoms with Crippen LogP contribution in [0.25, 0.3) is 0 Å². The molecule has 0 saturated carbocycles. The number of hydrogen-bond acceptors (Lipinski definition) is 4. The Kier molecular flexibility index (Phi) is 5.52. The minimum absolute atomic E-state index is 0.0481. The Labute approximate surface area is 172 Å². The van der Waals surface area contributed by atoms with E-state index < -0.39 is 11.7 Å². The molecule has 0 spiro atoms. The second-order valence-corrected chi connectivity index (χ2v) is 8.05. The maximum atomic E-state index is 12.7. The predicted molar refractivity (Wildman–Crippen MR) is 99.9 cm³/mol. The molecule has 0 aromatic heterocycles. The third kappa shape index (κ3) is 4.33. The van der Waals surface area contributed by atoms with Gasteiger partial charge in [0.15, 0.2) is 0 Å². The molecule has 1 aromatic rings. The van der Waals surface area contributed by atoms with E-state index in [-0.39, 0.29) is 42.7 Å². The molecule has 3 aliphatic heterocycles. The predicted octanol–water partition coefficient (Wildman–Crippen LogP) is 2.11. The number of carbonyl (C=O) groups excluding carboxylic acids is 2. The summed E-state index contributed by atoms with van der Waals surface area (Å²) < 4.78 is 49.2. The smallest absolute Gasteiger partial charge is 0.416 e. The summed E-state index contributed by atoms with van der Waals surface area (Å²) in [6.07, 6.45) is -3.97. The van der Waals surface area contributed by atoms with Crippen molar-refractivity contribution in [2.75, 3.05) is 32.8 Å². The number of alkyl halides is 3. The van der Waals surface area contributed by atoms with E-state index in [2.05, 4.69) is 5.32 Å². The van der Waals surface area contributed by atoms with Crippen molar-refractivity contribution < 1.29 is 32.2 Å². The van der Waals surface area contributed by atoms with Gasteiger partial charge < -0.3 is 24.6 Å². The van der Waals surface area contributed by atoms with Gasteiger partial charge in [0, 0.05) is 32.1 Å². The molecule has 7 nitrogen and oxygen atoms in total. The Balaban J connectivity index is 1.25. The molecule has 2 unspecified atom stereocenters. The Bertz CT molecular complexity index is 795. The quantitative estimate of drug-likeness (QED) is 0.802. The van der Waals surface area contributed by atoms with Crippen molar-refractivity contribution in [3.63, 3.8) is 0 Å². The van der Waals surface area contributed by atoms with E-state index in [9.17, 15) is 22.8 Å². The largest absolute Gasteiger partial charge is 0.490 e. The molecule has 10 heteroatoms. The number of morpholine rings is 1. The number of hydrogen-bond donors (Lipinski definition) is 1. The average molecular weight is 427 g/mol. The number of nitrogens with zero attached hydrogens (tertiary/aromatic N) is 2. The Morgan fingerprint density at radius 3 is 2.57 bits per heavy atom. The summed E-state index contributed by atoms with van der Waals surface area (Å²) >= 11 is 0. The van der Waals surface area contributed by atoms with Crippen molar-refractivity contribution in [2.24, 2.45) is 5.92 Å². The molecule has 0 radical (unpaired) electrons. The molecular weight excluding hydrogens is 403 g/mol. The number of benzene rings is 1. The van der Waals surface area contributed by atoms with Gasteiger partial charge in [0.2, 0.25) is 5.91 Å². The van der Waals surface area contributed by atoms with Crippen LogP contribution in [-0.2, 0) is 15.7 Å². The third-order valence-corrected chi connectivity index (χ3v) is 5.94. The maximum absolute atomic E-state index is 12.7. The summed E-state index contributed by atoms with van der Waals surface area (Å²) in [5, 5.41) is 2.88. The lowest BCUT2D eigenvalue weighted by Crippen LogP contribution is -2.64. The van der Waals surface area contributed by atoms with Crippen LogP contribution in [-0.4, -0.2) is 72.8 Å². The average Bonchev–Trinajstić information content (AvgIpc) is 2.65. The van der Waals surface area contributed by atoms with Crippen LogP contribution in [0.5, 0.6) is 5.75 Å². The van der Waals surface area contributed by atoms with Gasteiger partial charge in [0.05, 0.1) is 17.7 Å². The SMILES string of the molecule is CC(Oc1ccc(C(F)(F)F)cc1)C1CN(C(=O)N2CCC3OCC(=O)N[C@@H]3C2)C1. The van der Waals surface area contributed by atoms with E-state index in [4.69, 9.17) is 9.47 Å². The van der Waals surface area contributed by atoms with Crippen molar-refractivity contribution in [1.29, 1.82) is 0 Å². The van der Waals surface area contributed by atoms with Crippen molar-refractivity contribution in [3.05, 3.63) is 29.8 Å². The monoisotopic (exact) mass is 427 g/mol. The number of likely N-dealkylation sites (tertiary alicyclic amines) is 2. The van der Waals surface area contributed by atoms with Crippen LogP contribution >= 0.6 is 0 Å². The first-order valence-electron chi connectivity index (χ1n) is 9.99. The summed E-state index contributed by atoms with van der Waals surface area (Å²) in [5.74, 6) is 0.311. The fraction of sp³-hybridized carbons (Fsp3) is 0.600. The van der Waals surface area contributed by atoms with Gasteiger partial charge in [-0.3, -0.25) is 4.79 Å². The molecule has 3 fully saturated rings.